The maximum absolute atomic E-state index is 13.4. The van der Waals surface area contributed by atoms with Crippen molar-refractivity contribution in [2.75, 3.05) is 46.3 Å². The minimum Gasteiger partial charge on any atom is -0.396 e. The van der Waals surface area contributed by atoms with Gasteiger partial charge in [-0.25, -0.2) is 26.8 Å². The van der Waals surface area contributed by atoms with E-state index in [0.717, 1.165) is 62.1 Å². The Bertz CT molecular complexity index is 2870. The van der Waals surface area contributed by atoms with Crippen molar-refractivity contribution in [3.63, 3.8) is 0 Å². The Kier molecular flexibility index (Phi) is 14.2. The third-order valence-electron chi connectivity index (χ3n) is 12.2. The Hall–Kier alpha value is -5.46. The number of carbonyl (C=O) groups excluding carboxylic acids is 2. The van der Waals surface area contributed by atoms with Crippen LogP contribution in [0.1, 0.15) is 58.0 Å². The molecule has 2 amide bonds. The molecule has 13 nitrogen and oxygen atoms in total. The third kappa shape index (κ3) is 10.3. The molecule has 2 N–H and O–H groups in total. The predicted molar refractivity (Wildman–Crippen MR) is 257 cm³/mol. The van der Waals surface area contributed by atoms with Crippen molar-refractivity contribution in [2.45, 2.75) is 85.8 Å². The van der Waals surface area contributed by atoms with Crippen molar-refractivity contribution in [3.05, 3.63) is 140 Å². The standard InChI is InChI=1S/C24H27N3O4S2.C24H25N3O3S2/c1-17-15-19(33(30,31)16-23-25-11-14-32-23)8-9-20(17)26-24(29)22(10-13-28)27-12-4-6-18-5-2-3-7-21(18)27;1-17-15-19(32(29,30)16-23-25-11-14-31-23)8-9-20(17)27-13-10-22(24(27)28)26-12-4-6-18-5-2-3-7-21(18)26/h2-3,5,7-9,11,14-15,22,28H,4,6,10,12-13,16H2,1H3,(H,26,29);2-3,5,7-9,11,14-15,22H,4,6,10,12-13,16H2,1H3/t2*22-/m00/s1. The van der Waals surface area contributed by atoms with E-state index in [1.54, 1.807) is 60.4 Å². The molecule has 340 valence electrons. The topological polar surface area (TPSA) is 170 Å². The van der Waals surface area contributed by atoms with Gasteiger partial charge < -0.3 is 25.1 Å². The molecule has 1 fully saturated rings. The van der Waals surface area contributed by atoms with E-state index in [-0.39, 0.29) is 45.8 Å². The second-order valence-corrected chi connectivity index (χ2v) is 22.4. The fourth-order valence-corrected chi connectivity index (χ4v) is 13.6. The predicted octanol–water partition coefficient (Wildman–Crippen LogP) is 7.55. The number of hydrogen-bond acceptors (Lipinski definition) is 13. The molecule has 1 saturated heterocycles. The fourth-order valence-electron chi connectivity index (χ4n) is 8.97. The highest BCUT2D eigenvalue weighted by molar-refractivity contribution is 7.91. The van der Waals surface area contributed by atoms with Gasteiger partial charge in [0.15, 0.2) is 19.7 Å². The molecule has 0 saturated carbocycles. The Morgan fingerprint density at radius 3 is 1.94 bits per heavy atom. The van der Waals surface area contributed by atoms with Gasteiger partial charge in [0, 0.05) is 72.1 Å². The van der Waals surface area contributed by atoms with Crippen LogP contribution >= 0.6 is 22.7 Å². The molecule has 17 heteroatoms. The van der Waals surface area contributed by atoms with E-state index in [1.165, 1.54) is 45.6 Å². The van der Waals surface area contributed by atoms with Gasteiger partial charge in [0.25, 0.3) is 0 Å². The molecule has 2 atom stereocenters. The van der Waals surface area contributed by atoms with Gasteiger partial charge in [-0.2, -0.15) is 0 Å². The maximum Gasteiger partial charge on any atom is 0.249 e. The summed E-state index contributed by atoms with van der Waals surface area (Å²) in [7, 11) is -7.02. The van der Waals surface area contributed by atoms with Gasteiger partial charge in [0.2, 0.25) is 11.8 Å². The summed E-state index contributed by atoms with van der Waals surface area (Å²) in [6.07, 6.45) is 8.27. The summed E-state index contributed by atoms with van der Waals surface area (Å²) in [5.41, 5.74) is 7.49. The summed E-state index contributed by atoms with van der Waals surface area (Å²) in [6.45, 7) is 5.79. The van der Waals surface area contributed by atoms with E-state index in [9.17, 15) is 31.5 Å². The van der Waals surface area contributed by atoms with Gasteiger partial charge >= 0.3 is 0 Å². The van der Waals surface area contributed by atoms with E-state index in [4.69, 9.17) is 0 Å². The molecule has 4 aromatic carbocycles. The summed E-state index contributed by atoms with van der Waals surface area (Å²) >= 11 is 2.64. The number of aryl methyl sites for hydroxylation is 4. The lowest BCUT2D eigenvalue weighted by atomic mass is 9.98. The Morgan fingerprint density at radius 2 is 1.34 bits per heavy atom. The van der Waals surface area contributed by atoms with Crippen LogP contribution in [0.5, 0.6) is 0 Å². The van der Waals surface area contributed by atoms with E-state index in [1.807, 2.05) is 36.1 Å². The smallest absolute Gasteiger partial charge is 0.249 e. The molecule has 6 aromatic rings. The highest BCUT2D eigenvalue weighted by Crippen LogP contribution is 2.35. The molecule has 0 bridgehead atoms. The quantitative estimate of drug-likeness (QED) is 0.117. The van der Waals surface area contributed by atoms with E-state index >= 15 is 0 Å². The van der Waals surface area contributed by atoms with Crippen LogP contribution in [0.25, 0.3) is 0 Å². The maximum atomic E-state index is 13.4. The number of aliphatic hydroxyl groups excluding tert-OH is 1. The average Bonchev–Trinajstić information content (AvgIpc) is 4.09. The monoisotopic (exact) mass is 952 g/mol. The molecule has 3 aliphatic heterocycles. The number of aliphatic hydroxyl groups is 1. The molecule has 65 heavy (non-hydrogen) atoms. The summed E-state index contributed by atoms with van der Waals surface area (Å²) in [6, 6.07) is 25.5. The highest BCUT2D eigenvalue weighted by Gasteiger charge is 2.39. The summed E-state index contributed by atoms with van der Waals surface area (Å²) in [4.78, 5) is 41.4. The Morgan fingerprint density at radius 1 is 0.754 bits per heavy atom. The van der Waals surface area contributed by atoms with Gasteiger partial charge in [-0.15, -0.1) is 22.7 Å². The number of anilines is 4. The number of nitrogens with one attached hydrogen (secondary N) is 1. The van der Waals surface area contributed by atoms with E-state index in [0.29, 0.717) is 34.2 Å². The number of amides is 2. The Labute approximate surface area is 388 Å². The first-order valence-electron chi connectivity index (χ1n) is 21.7. The summed E-state index contributed by atoms with van der Waals surface area (Å²) in [5.74, 6) is -0.392. The number of carbonyl (C=O) groups is 2. The SMILES string of the molecule is Cc1cc(S(=O)(=O)Cc2nccs2)ccc1N1CC[C@H](N2CCCc3ccccc32)C1=O.Cc1cc(S(=O)(=O)Cc2nccs2)ccc1NC(=O)[C@H](CCO)N1CCCc2ccccc21. The van der Waals surface area contributed by atoms with Gasteiger partial charge in [0.1, 0.15) is 33.6 Å². The van der Waals surface area contributed by atoms with Crippen molar-refractivity contribution < 1.29 is 31.5 Å². The molecule has 0 unspecified atom stereocenters. The van der Waals surface area contributed by atoms with Gasteiger partial charge in [-0.1, -0.05) is 36.4 Å². The Balaban J connectivity index is 0.000000177. The molecule has 0 spiro atoms. The van der Waals surface area contributed by atoms with Crippen molar-refractivity contribution in [1.82, 2.24) is 9.97 Å². The number of rotatable bonds is 13. The highest BCUT2D eigenvalue weighted by atomic mass is 32.2. The minimum atomic E-state index is -3.53. The van der Waals surface area contributed by atoms with Crippen LogP contribution in [0.3, 0.4) is 0 Å². The lowest BCUT2D eigenvalue weighted by molar-refractivity contribution is -0.118. The van der Waals surface area contributed by atoms with Crippen molar-refractivity contribution in [2.24, 2.45) is 0 Å². The molecule has 0 radical (unpaired) electrons. The number of thiazole rings is 2. The number of aromatic nitrogens is 2. The second kappa shape index (κ2) is 20.0. The molecule has 2 aromatic heterocycles. The number of fused-ring (bicyclic) bond motifs is 2. The molecule has 3 aliphatic rings. The average molecular weight is 953 g/mol. The first-order chi connectivity index (χ1) is 31.3. The van der Waals surface area contributed by atoms with Crippen LogP contribution in [0.2, 0.25) is 0 Å². The second-order valence-electron chi connectivity index (χ2n) is 16.5. The van der Waals surface area contributed by atoms with E-state index < -0.39 is 25.7 Å². The summed E-state index contributed by atoms with van der Waals surface area (Å²) in [5, 5.41) is 17.2. The zero-order valence-corrected chi connectivity index (χ0v) is 39.6. The van der Waals surface area contributed by atoms with Crippen molar-refractivity contribution in [3.8, 4) is 0 Å². The zero-order valence-electron chi connectivity index (χ0n) is 36.3. The van der Waals surface area contributed by atoms with Gasteiger partial charge in [-0.05, 0) is 123 Å². The third-order valence-corrected chi connectivity index (χ3v) is 17.3. The van der Waals surface area contributed by atoms with Gasteiger partial charge in [0.05, 0.1) is 9.79 Å². The lowest BCUT2D eigenvalue weighted by Crippen LogP contribution is -2.47. The number of hydrogen-bond donors (Lipinski definition) is 2. The van der Waals surface area contributed by atoms with Crippen molar-refractivity contribution in [1.29, 1.82) is 0 Å². The zero-order chi connectivity index (χ0) is 45.7. The summed E-state index contributed by atoms with van der Waals surface area (Å²) < 4.78 is 51.1. The van der Waals surface area contributed by atoms with Crippen LogP contribution in [0.15, 0.2) is 118 Å². The first kappa shape index (κ1) is 46.1. The number of sulfone groups is 2. The van der Waals surface area contributed by atoms with Crippen molar-refractivity contribution >= 4 is 76.9 Å². The number of benzene rings is 4. The largest absolute Gasteiger partial charge is 0.396 e. The van der Waals surface area contributed by atoms with Crippen LogP contribution in [-0.4, -0.2) is 82.0 Å². The van der Waals surface area contributed by atoms with Gasteiger partial charge in [-0.3, -0.25) is 9.59 Å². The molecule has 5 heterocycles. The molecular weight excluding hydrogens is 901 g/mol. The fraction of sp³-hybridized carbons (Fsp3) is 0.333. The minimum absolute atomic E-state index is 0.0863. The van der Waals surface area contributed by atoms with Crippen LogP contribution in [-0.2, 0) is 53.6 Å². The number of nitrogens with zero attached hydrogens (tertiary/aromatic N) is 5. The lowest BCUT2D eigenvalue weighted by Gasteiger charge is -2.37. The van der Waals surface area contributed by atoms with Crippen LogP contribution < -0.4 is 20.0 Å². The van der Waals surface area contributed by atoms with E-state index in [2.05, 4.69) is 49.4 Å². The molecule has 0 aliphatic carbocycles. The molecule has 9 rings (SSSR count). The number of para-hydroxylation sites is 2. The first-order valence-corrected chi connectivity index (χ1v) is 26.7. The molecular formula is C48H52N6O7S4. The normalized spacial score (nSPS) is 16.6. The van der Waals surface area contributed by atoms with Crippen LogP contribution in [0.4, 0.5) is 22.7 Å². The van der Waals surface area contributed by atoms with Crippen LogP contribution in [0, 0.1) is 13.8 Å².